The molecule has 2 nitrogen and oxygen atoms in total. The predicted molar refractivity (Wildman–Crippen MR) is 81.5 cm³/mol. The van der Waals surface area contributed by atoms with Gasteiger partial charge in [0.25, 0.3) is 0 Å². The fourth-order valence-corrected chi connectivity index (χ4v) is 2.65. The molecule has 3 heteroatoms. The summed E-state index contributed by atoms with van der Waals surface area (Å²) in [7, 11) is 0. The molecule has 96 valence electrons. The molecule has 1 aromatic heterocycles. The smallest absolute Gasteiger partial charge is 0.122 e. The van der Waals surface area contributed by atoms with Crippen LogP contribution < -0.4 is 4.74 Å². The van der Waals surface area contributed by atoms with E-state index < -0.39 is 0 Å². The molecule has 19 heavy (non-hydrogen) atoms. The van der Waals surface area contributed by atoms with E-state index in [4.69, 9.17) is 4.74 Å². The zero-order valence-corrected chi connectivity index (χ0v) is 12.2. The summed E-state index contributed by atoms with van der Waals surface area (Å²) in [5.41, 5.74) is 3.44. The van der Waals surface area contributed by atoms with Gasteiger partial charge in [-0.25, -0.2) is 0 Å². The van der Waals surface area contributed by atoms with Gasteiger partial charge in [0.15, 0.2) is 0 Å². The highest BCUT2D eigenvalue weighted by Crippen LogP contribution is 2.27. The third-order valence-electron chi connectivity index (χ3n) is 3.23. The second kappa shape index (κ2) is 5.10. The molecule has 3 aromatic rings. The minimum Gasteiger partial charge on any atom is -0.489 e. The number of benzene rings is 2. The Morgan fingerprint density at radius 3 is 2.79 bits per heavy atom. The number of aryl methyl sites for hydroxylation is 1. The van der Waals surface area contributed by atoms with Crippen LogP contribution in [0.1, 0.15) is 11.1 Å². The molecule has 0 saturated carbocycles. The first-order valence-corrected chi connectivity index (χ1v) is 6.98. The maximum Gasteiger partial charge on any atom is 0.122 e. The van der Waals surface area contributed by atoms with Crippen LogP contribution in [0, 0.1) is 6.92 Å². The second-order valence-electron chi connectivity index (χ2n) is 4.53. The van der Waals surface area contributed by atoms with Crippen molar-refractivity contribution in [1.82, 2.24) is 4.98 Å². The summed E-state index contributed by atoms with van der Waals surface area (Å²) < 4.78 is 6.97. The van der Waals surface area contributed by atoms with Crippen molar-refractivity contribution >= 4 is 26.8 Å². The Bertz CT molecular complexity index is 718. The van der Waals surface area contributed by atoms with E-state index in [2.05, 4.69) is 40.0 Å². The van der Waals surface area contributed by atoms with Crippen LogP contribution in [-0.2, 0) is 6.61 Å². The topological polar surface area (TPSA) is 25.0 Å². The minimum absolute atomic E-state index is 0.571. The van der Waals surface area contributed by atoms with Gasteiger partial charge in [-0.1, -0.05) is 30.3 Å². The summed E-state index contributed by atoms with van der Waals surface area (Å²) in [6.07, 6.45) is 2.01. The van der Waals surface area contributed by atoms with Gasteiger partial charge in [-0.05, 0) is 40.5 Å². The number of fused-ring (bicyclic) bond motifs is 1. The standard InChI is InChI=1S/C16H14BrNO/c1-11-5-2-3-8-15(11)19-10-12-9-18-16-13(12)6-4-7-14(16)17/h2-9,18H,10H2,1H3. The van der Waals surface area contributed by atoms with Crippen molar-refractivity contribution in [3.63, 3.8) is 0 Å². The molecular formula is C16H14BrNO. The zero-order chi connectivity index (χ0) is 13.2. The summed E-state index contributed by atoms with van der Waals surface area (Å²) in [5, 5.41) is 1.20. The first kappa shape index (κ1) is 12.3. The Balaban J connectivity index is 1.87. The van der Waals surface area contributed by atoms with Crippen LogP contribution in [0.3, 0.4) is 0 Å². The van der Waals surface area contributed by atoms with Crippen LogP contribution in [0.2, 0.25) is 0 Å². The van der Waals surface area contributed by atoms with Crippen molar-refractivity contribution in [2.45, 2.75) is 13.5 Å². The van der Waals surface area contributed by atoms with E-state index in [1.165, 1.54) is 10.9 Å². The third kappa shape index (κ3) is 2.38. The number of hydrogen-bond acceptors (Lipinski definition) is 1. The highest BCUT2D eigenvalue weighted by atomic mass is 79.9. The van der Waals surface area contributed by atoms with E-state index in [-0.39, 0.29) is 0 Å². The van der Waals surface area contributed by atoms with Crippen molar-refractivity contribution in [3.05, 3.63) is 64.3 Å². The Labute approximate surface area is 120 Å². The normalized spacial score (nSPS) is 10.8. The lowest BCUT2D eigenvalue weighted by Gasteiger charge is -2.08. The van der Waals surface area contributed by atoms with Crippen LogP contribution in [0.4, 0.5) is 0 Å². The van der Waals surface area contributed by atoms with Gasteiger partial charge in [0.2, 0.25) is 0 Å². The number of hydrogen-bond donors (Lipinski definition) is 1. The molecule has 3 rings (SSSR count). The van der Waals surface area contributed by atoms with Crippen LogP contribution >= 0.6 is 15.9 Å². The Morgan fingerprint density at radius 2 is 1.95 bits per heavy atom. The van der Waals surface area contributed by atoms with E-state index in [9.17, 15) is 0 Å². The molecule has 0 unspecified atom stereocenters. The SMILES string of the molecule is Cc1ccccc1OCc1c[nH]c2c(Br)cccc12. The zero-order valence-electron chi connectivity index (χ0n) is 10.6. The molecule has 0 saturated heterocycles. The van der Waals surface area contributed by atoms with E-state index in [1.54, 1.807) is 0 Å². The molecule has 2 aromatic carbocycles. The van der Waals surface area contributed by atoms with Gasteiger partial charge in [0.05, 0.1) is 5.52 Å². The summed E-state index contributed by atoms with van der Waals surface area (Å²) in [6, 6.07) is 14.2. The molecule has 0 bridgehead atoms. The van der Waals surface area contributed by atoms with Crippen molar-refractivity contribution in [1.29, 1.82) is 0 Å². The number of ether oxygens (including phenoxy) is 1. The molecule has 0 fully saturated rings. The third-order valence-corrected chi connectivity index (χ3v) is 3.89. The van der Waals surface area contributed by atoms with Crippen molar-refractivity contribution in [2.75, 3.05) is 0 Å². The number of H-pyrrole nitrogens is 1. The highest BCUT2D eigenvalue weighted by Gasteiger charge is 2.07. The van der Waals surface area contributed by atoms with Gasteiger partial charge in [0, 0.05) is 21.6 Å². The molecule has 1 N–H and O–H groups in total. The average Bonchev–Trinajstić information content (AvgIpc) is 2.83. The van der Waals surface area contributed by atoms with Gasteiger partial charge in [-0.15, -0.1) is 0 Å². The molecule has 0 atom stereocenters. The maximum atomic E-state index is 5.89. The number of para-hydroxylation sites is 2. The molecular weight excluding hydrogens is 302 g/mol. The fourth-order valence-electron chi connectivity index (χ4n) is 2.17. The average molecular weight is 316 g/mol. The first-order chi connectivity index (χ1) is 9.25. The van der Waals surface area contributed by atoms with Crippen molar-refractivity contribution in [2.24, 2.45) is 0 Å². The Morgan fingerprint density at radius 1 is 1.11 bits per heavy atom. The number of rotatable bonds is 3. The second-order valence-corrected chi connectivity index (χ2v) is 5.38. The van der Waals surface area contributed by atoms with Crippen LogP contribution in [0.25, 0.3) is 10.9 Å². The van der Waals surface area contributed by atoms with Gasteiger partial charge < -0.3 is 9.72 Å². The Kier molecular flexibility index (Phi) is 3.30. The largest absolute Gasteiger partial charge is 0.489 e. The predicted octanol–water partition coefficient (Wildman–Crippen LogP) is 4.82. The van der Waals surface area contributed by atoms with E-state index in [1.807, 2.05) is 36.5 Å². The summed E-state index contributed by atoms with van der Waals surface area (Å²) >= 11 is 3.55. The molecule has 0 spiro atoms. The van der Waals surface area contributed by atoms with E-state index >= 15 is 0 Å². The first-order valence-electron chi connectivity index (χ1n) is 6.18. The minimum atomic E-state index is 0.571. The molecule has 0 aliphatic heterocycles. The molecule has 0 amide bonds. The summed E-state index contributed by atoms with van der Waals surface area (Å²) in [5.74, 6) is 0.937. The number of aromatic nitrogens is 1. The number of aromatic amines is 1. The van der Waals surface area contributed by atoms with Gasteiger partial charge in [0.1, 0.15) is 12.4 Å². The van der Waals surface area contributed by atoms with E-state index in [0.29, 0.717) is 6.61 Å². The number of halogens is 1. The molecule has 0 aliphatic carbocycles. The van der Waals surface area contributed by atoms with Gasteiger partial charge in [-0.2, -0.15) is 0 Å². The van der Waals surface area contributed by atoms with E-state index in [0.717, 1.165) is 21.3 Å². The van der Waals surface area contributed by atoms with Crippen molar-refractivity contribution in [3.8, 4) is 5.75 Å². The lowest BCUT2D eigenvalue weighted by molar-refractivity contribution is 0.305. The van der Waals surface area contributed by atoms with Crippen LogP contribution in [-0.4, -0.2) is 4.98 Å². The lowest BCUT2D eigenvalue weighted by Crippen LogP contribution is -1.95. The Hall–Kier alpha value is -1.74. The molecule has 1 heterocycles. The maximum absolute atomic E-state index is 5.89. The van der Waals surface area contributed by atoms with Crippen molar-refractivity contribution < 1.29 is 4.74 Å². The van der Waals surface area contributed by atoms with Crippen LogP contribution in [0.15, 0.2) is 53.1 Å². The fraction of sp³-hybridized carbons (Fsp3) is 0.125. The van der Waals surface area contributed by atoms with Gasteiger partial charge >= 0.3 is 0 Å². The number of nitrogens with one attached hydrogen (secondary N) is 1. The summed E-state index contributed by atoms with van der Waals surface area (Å²) in [4.78, 5) is 3.28. The van der Waals surface area contributed by atoms with Crippen LogP contribution in [0.5, 0.6) is 5.75 Å². The molecule has 0 radical (unpaired) electrons. The lowest BCUT2D eigenvalue weighted by atomic mass is 10.2. The monoisotopic (exact) mass is 315 g/mol. The van der Waals surface area contributed by atoms with Gasteiger partial charge in [-0.3, -0.25) is 0 Å². The highest BCUT2D eigenvalue weighted by molar-refractivity contribution is 9.10. The molecule has 0 aliphatic rings. The quantitative estimate of drug-likeness (QED) is 0.736. The summed E-state index contributed by atoms with van der Waals surface area (Å²) in [6.45, 7) is 2.63.